The van der Waals surface area contributed by atoms with Crippen molar-refractivity contribution in [3.63, 3.8) is 0 Å². The van der Waals surface area contributed by atoms with E-state index in [1.54, 1.807) is 12.2 Å². The summed E-state index contributed by atoms with van der Waals surface area (Å²) in [5.74, 6) is -0.302. The lowest BCUT2D eigenvalue weighted by atomic mass is 9.97. The van der Waals surface area contributed by atoms with Crippen LogP contribution < -0.4 is 5.32 Å². The van der Waals surface area contributed by atoms with Crippen LogP contribution in [-0.2, 0) is 23.7 Å². The Labute approximate surface area is 381 Å². The summed E-state index contributed by atoms with van der Waals surface area (Å²) in [6, 6.07) is -0.941. The predicted octanol–water partition coefficient (Wildman–Crippen LogP) is 4.98. The molecule has 14 heteroatoms. The van der Waals surface area contributed by atoms with Gasteiger partial charge in [-0.15, -0.1) is 0 Å². The number of unbranched alkanes of at least 4 members (excludes halogenated alkanes) is 3. The van der Waals surface area contributed by atoms with Crippen LogP contribution in [0.5, 0.6) is 0 Å². The average molecular weight is 902 g/mol. The minimum absolute atomic E-state index is 0.215. The topological polar surface area (TPSA) is 228 Å². The van der Waals surface area contributed by atoms with E-state index >= 15 is 0 Å². The monoisotopic (exact) mass is 902 g/mol. The highest BCUT2D eigenvalue weighted by molar-refractivity contribution is 5.76. The fourth-order valence-electron chi connectivity index (χ4n) is 6.66. The summed E-state index contributed by atoms with van der Waals surface area (Å²) in [6.07, 6.45) is 32.6. The third kappa shape index (κ3) is 23.2. The van der Waals surface area contributed by atoms with Gasteiger partial charge in [0, 0.05) is 6.42 Å². The highest BCUT2D eigenvalue weighted by Crippen LogP contribution is 2.29. The third-order valence-corrected chi connectivity index (χ3v) is 10.4. The van der Waals surface area contributed by atoms with Crippen LogP contribution in [0.4, 0.5) is 0 Å². The first kappa shape index (κ1) is 56.8. The zero-order valence-electron chi connectivity index (χ0n) is 38.0. The van der Waals surface area contributed by atoms with Crippen molar-refractivity contribution < 1.29 is 64.6 Å². The van der Waals surface area contributed by atoms with Gasteiger partial charge in [-0.05, 0) is 77.0 Å². The molecule has 0 aromatic rings. The number of hydrogen-bond acceptors (Lipinski definition) is 13. The van der Waals surface area contributed by atoms with E-state index in [2.05, 4.69) is 109 Å². The van der Waals surface area contributed by atoms with Gasteiger partial charge in [0.1, 0.15) is 48.8 Å². The molecule has 362 valence electrons. The minimum Gasteiger partial charge on any atom is -0.394 e. The highest BCUT2D eigenvalue weighted by Gasteiger charge is 2.50. The molecule has 2 fully saturated rings. The second kappa shape index (κ2) is 35.9. The number of carbonyl (C=O) groups is 1. The number of amides is 1. The molecule has 64 heavy (non-hydrogen) atoms. The highest BCUT2D eigenvalue weighted by atomic mass is 16.7. The molecule has 14 nitrogen and oxygen atoms in total. The van der Waals surface area contributed by atoms with Crippen LogP contribution in [0.2, 0.25) is 0 Å². The first-order valence-corrected chi connectivity index (χ1v) is 23.1. The van der Waals surface area contributed by atoms with Gasteiger partial charge in [-0.3, -0.25) is 4.79 Å². The summed E-state index contributed by atoms with van der Waals surface area (Å²) >= 11 is 0. The van der Waals surface area contributed by atoms with Gasteiger partial charge in [0.15, 0.2) is 12.6 Å². The van der Waals surface area contributed by atoms with Crippen LogP contribution in [0.25, 0.3) is 0 Å². The molecule has 0 aromatic heterocycles. The zero-order chi connectivity index (χ0) is 46.8. The summed E-state index contributed by atoms with van der Waals surface area (Å²) < 4.78 is 22.4. The summed E-state index contributed by atoms with van der Waals surface area (Å²) in [6.45, 7) is 2.36. The number of hydrogen-bond donors (Lipinski definition) is 9. The molecule has 2 rings (SSSR count). The molecule has 2 aliphatic rings. The van der Waals surface area contributed by atoms with Gasteiger partial charge in [0.05, 0.1) is 32.0 Å². The van der Waals surface area contributed by atoms with Crippen LogP contribution in [0.1, 0.15) is 104 Å². The number of carbonyl (C=O) groups excluding carboxylic acids is 1. The fourth-order valence-corrected chi connectivity index (χ4v) is 6.66. The normalized spacial score (nSPS) is 28.3. The maximum atomic E-state index is 12.9. The number of allylic oxidation sites excluding steroid dienone is 17. The van der Waals surface area contributed by atoms with Crippen LogP contribution in [0.3, 0.4) is 0 Å². The van der Waals surface area contributed by atoms with Crippen LogP contribution in [0.15, 0.2) is 109 Å². The van der Waals surface area contributed by atoms with E-state index in [1.807, 2.05) is 6.92 Å². The predicted molar refractivity (Wildman–Crippen MR) is 249 cm³/mol. The molecule has 2 saturated heterocycles. The van der Waals surface area contributed by atoms with Crippen LogP contribution >= 0.6 is 0 Å². The van der Waals surface area contributed by atoms with Crippen molar-refractivity contribution >= 4 is 5.91 Å². The van der Waals surface area contributed by atoms with Gasteiger partial charge in [0.25, 0.3) is 0 Å². The van der Waals surface area contributed by atoms with E-state index in [0.717, 1.165) is 70.6 Å². The fraction of sp³-hybridized carbons (Fsp3) is 0.620. The molecule has 2 aliphatic heterocycles. The maximum absolute atomic E-state index is 12.9. The lowest BCUT2D eigenvalue weighted by molar-refractivity contribution is -0.359. The lowest BCUT2D eigenvalue weighted by Crippen LogP contribution is -2.65. The molecule has 0 bridgehead atoms. The van der Waals surface area contributed by atoms with E-state index in [9.17, 15) is 45.6 Å². The van der Waals surface area contributed by atoms with E-state index in [4.69, 9.17) is 18.9 Å². The average Bonchev–Trinajstić information content (AvgIpc) is 3.29. The standard InChI is InChI=1S/C50H79NO13/c1-3-5-7-8-9-10-11-12-13-14-15-16-17-18-19-20-21-22-23-24-25-26-27-28-29-30-32-34-42(55)51-38(39(54)33-31-6-4-2)37-61-49-47(60)45(58)48(41(36-53)63-49)64-50-46(59)44(57)43(56)40(35-52)62-50/h5,7,9-10,12-13,15-16,18-19,21-22,24-25,27-28,31,33,38-41,43-50,52-54,56-60H,3-4,6,8,11,14,17,20,23,26,29-30,32,34-37H2,1-2H3,(H,51,55)/b7-5-,10-9-,13-12-,16-15-,19-18-,22-21-,25-24-,28-27-,33-31+. The molecule has 12 atom stereocenters. The smallest absolute Gasteiger partial charge is 0.220 e. The Kier molecular flexibility index (Phi) is 31.8. The van der Waals surface area contributed by atoms with Crippen molar-refractivity contribution in [2.75, 3.05) is 19.8 Å². The minimum atomic E-state index is -1.79. The quantitative estimate of drug-likeness (QED) is 0.0321. The molecule has 0 aliphatic carbocycles. The molecule has 0 spiro atoms. The van der Waals surface area contributed by atoms with Crippen molar-refractivity contribution in [2.45, 2.75) is 177 Å². The van der Waals surface area contributed by atoms with Gasteiger partial charge >= 0.3 is 0 Å². The largest absolute Gasteiger partial charge is 0.394 e. The zero-order valence-corrected chi connectivity index (χ0v) is 38.0. The van der Waals surface area contributed by atoms with E-state index < -0.39 is 86.8 Å². The van der Waals surface area contributed by atoms with Gasteiger partial charge < -0.3 is 65.1 Å². The SMILES string of the molecule is CC/C=C\C/C=C\C/C=C\C/C=C\C/C=C\C/C=C\C/C=C\C/C=C\CCCCC(=O)NC(COC1OC(CO)C(OC2OC(CO)C(O)C(O)C2O)C(O)C1O)C(O)/C=C/CCC. The van der Waals surface area contributed by atoms with Crippen LogP contribution in [-0.4, -0.2) is 140 Å². The second-order valence-corrected chi connectivity index (χ2v) is 15.8. The molecule has 1 amide bonds. The lowest BCUT2D eigenvalue weighted by Gasteiger charge is -2.46. The Morgan fingerprint density at radius 2 is 1.06 bits per heavy atom. The molecule has 0 aromatic carbocycles. The van der Waals surface area contributed by atoms with Gasteiger partial charge in [-0.1, -0.05) is 130 Å². The van der Waals surface area contributed by atoms with Gasteiger partial charge in [0.2, 0.25) is 5.91 Å². The van der Waals surface area contributed by atoms with E-state index in [1.165, 1.54) is 0 Å². The van der Waals surface area contributed by atoms with Crippen molar-refractivity contribution in [1.82, 2.24) is 5.32 Å². The van der Waals surface area contributed by atoms with Gasteiger partial charge in [-0.2, -0.15) is 0 Å². The molecule has 0 saturated carbocycles. The number of ether oxygens (including phenoxy) is 4. The molecule has 2 heterocycles. The Morgan fingerprint density at radius 1 is 0.578 bits per heavy atom. The molecule has 0 radical (unpaired) electrons. The van der Waals surface area contributed by atoms with E-state index in [0.29, 0.717) is 12.8 Å². The molecular weight excluding hydrogens is 823 g/mol. The Morgan fingerprint density at radius 3 is 1.56 bits per heavy atom. The van der Waals surface area contributed by atoms with Crippen molar-refractivity contribution in [1.29, 1.82) is 0 Å². The summed E-state index contributed by atoms with van der Waals surface area (Å²) in [5, 5.41) is 85.7. The number of aliphatic hydroxyl groups excluding tert-OH is 8. The molecule has 9 N–H and O–H groups in total. The number of nitrogens with one attached hydrogen (secondary N) is 1. The van der Waals surface area contributed by atoms with Gasteiger partial charge in [-0.25, -0.2) is 0 Å². The Balaban J connectivity index is 1.69. The Hall–Kier alpha value is -3.35. The summed E-state index contributed by atoms with van der Waals surface area (Å²) in [4.78, 5) is 12.9. The van der Waals surface area contributed by atoms with Crippen LogP contribution in [0, 0.1) is 0 Å². The number of rotatable bonds is 32. The second-order valence-electron chi connectivity index (χ2n) is 15.8. The van der Waals surface area contributed by atoms with Crippen molar-refractivity contribution in [2.24, 2.45) is 0 Å². The molecular formula is C50H79NO13. The summed E-state index contributed by atoms with van der Waals surface area (Å²) in [7, 11) is 0. The van der Waals surface area contributed by atoms with Crippen molar-refractivity contribution in [3.8, 4) is 0 Å². The first-order valence-electron chi connectivity index (χ1n) is 23.1. The maximum Gasteiger partial charge on any atom is 0.220 e. The Bertz CT molecular complexity index is 1490. The first-order chi connectivity index (χ1) is 31.1. The number of aliphatic hydroxyl groups is 8. The molecule has 12 unspecified atom stereocenters. The van der Waals surface area contributed by atoms with Crippen molar-refractivity contribution in [3.05, 3.63) is 109 Å². The van der Waals surface area contributed by atoms with E-state index in [-0.39, 0.29) is 18.9 Å². The summed E-state index contributed by atoms with van der Waals surface area (Å²) in [5.41, 5.74) is 0. The third-order valence-electron chi connectivity index (χ3n) is 10.4.